The fourth-order valence-electron chi connectivity index (χ4n) is 3.17. The Hall–Kier alpha value is -2.34. The third-order valence-electron chi connectivity index (χ3n) is 4.47. The number of rotatable bonds is 6. The number of amides is 1. The lowest BCUT2D eigenvalue weighted by molar-refractivity contribution is -0.117. The van der Waals surface area contributed by atoms with Crippen LogP contribution < -0.4 is 10.6 Å². The summed E-state index contributed by atoms with van der Waals surface area (Å²) in [6.45, 7) is 3.24. The second kappa shape index (κ2) is 8.67. The van der Waals surface area contributed by atoms with Gasteiger partial charge in [0.15, 0.2) is 0 Å². The fraction of sp³-hybridized carbons (Fsp3) is 0.474. The number of likely N-dealkylation sites (tertiary alicyclic amines) is 1. The summed E-state index contributed by atoms with van der Waals surface area (Å²) in [6.07, 6.45) is 8.78. The molecule has 1 aliphatic heterocycles. The van der Waals surface area contributed by atoms with Crippen molar-refractivity contribution in [3.05, 3.63) is 42.2 Å². The Labute approximate surface area is 149 Å². The van der Waals surface area contributed by atoms with E-state index in [0.717, 1.165) is 30.0 Å². The first kappa shape index (κ1) is 17.5. The van der Waals surface area contributed by atoms with Gasteiger partial charge in [0, 0.05) is 36.7 Å². The van der Waals surface area contributed by atoms with Gasteiger partial charge >= 0.3 is 0 Å². The van der Waals surface area contributed by atoms with E-state index in [1.165, 1.54) is 25.7 Å². The van der Waals surface area contributed by atoms with Crippen molar-refractivity contribution in [2.45, 2.75) is 32.2 Å². The van der Waals surface area contributed by atoms with Gasteiger partial charge < -0.3 is 10.6 Å². The molecule has 1 amide bonds. The molecule has 0 radical (unpaired) electrons. The number of nitrogens with one attached hydrogen (secondary N) is 2. The first-order valence-corrected chi connectivity index (χ1v) is 9.03. The van der Waals surface area contributed by atoms with Crippen LogP contribution in [-0.2, 0) is 18.4 Å². The highest BCUT2D eigenvalue weighted by Crippen LogP contribution is 2.16. The second-order valence-electron chi connectivity index (χ2n) is 6.70. The summed E-state index contributed by atoms with van der Waals surface area (Å²) in [4.78, 5) is 14.6. The first-order chi connectivity index (χ1) is 12.2. The number of benzene rings is 1. The molecule has 0 saturated carbocycles. The van der Waals surface area contributed by atoms with Gasteiger partial charge in [-0.15, -0.1) is 0 Å². The van der Waals surface area contributed by atoms with Crippen molar-refractivity contribution >= 4 is 17.3 Å². The molecule has 134 valence electrons. The maximum atomic E-state index is 12.3. The lowest BCUT2D eigenvalue weighted by atomic mass is 10.2. The molecule has 2 heterocycles. The maximum Gasteiger partial charge on any atom is 0.238 e. The van der Waals surface area contributed by atoms with E-state index in [0.29, 0.717) is 13.1 Å². The van der Waals surface area contributed by atoms with Crippen LogP contribution in [0.1, 0.15) is 31.2 Å². The van der Waals surface area contributed by atoms with Crippen LogP contribution >= 0.6 is 0 Å². The van der Waals surface area contributed by atoms with Gasteiger partial charge in [0.1, 0.15) is 0 Å². The van der Waals surface area contributed by atoms with E-state index < -0.39 is 0 Å². The minimum absolute atomic E-state index is 0.0614. The number of carbonyl (C=O) groups excluding carboxylic acids is 1. The Morgan fingerprint density at radius 2 is 1.92 bits per heavy atom. The highest BCUT2D eigenvalue weighted by atomic mass is 16.2. The third-order valence-corrected chi connectivity index (χ3v) is 4.47. The Balaban J connectivity index is 1.51. The molecule has 25 heavy (non-hydrogen) atoms. The van der Waals surface area contributed by atoms with Crippen molar-refractivity contribution in [2.75, 3.05) is 30.3 Å². The number of hydrogen-bond donors (Lipinski definition) is 2. The number of anilines is 2. The molecule has 0 bridgehead atoms. The lowest BCUT2D eigenvalue weighted by Crippen LogP contribution is -2.33. The van der Waals surface area contributed by atoms with Gasteiger partial charge in [-0.2, -0.15) is 5.10 Å². The fourth-order valence-corrected chi connectivity index (χ4v) is 3.17. The average Bonchev–Trinajstić information content (AvgIpc) is 2.84. The van der Waals surface area contributed by atoms with Crippen LogP contribution in [0.15, 0.2) is 36.7 Å². The van der Waals surface area contributed by atoms with Gasteiger partial charge in [-0.05, 0) is 44.1 Å². The zero-order chi connectivity index (χ0) is 17.5. The minimum atomic E-state index is 0.0614. The van der Waals surface area contributed by atoms with E-state index in [-0.39, 0.29) is 5.91 Å². The van der Waals surface area contributed by atoms with Crippen LogP contribution in [0.5, 0.6) is 0 Å². The van der Waals surface area contributed by atoms with Crippen LogP contribution in [0, 0.1) is 0 Å². The number of aromatic nitrogens is 2. The summed E-state index contributed by atoms with van der Waals surface area (Å²) in [7, 11) is 1.91. The summed E-state index contributed by atoms with van der Waals surface area (Å²) >= 11 is 0. The van der Waals surface area contributed by atoms with Gasteiger partial charge in [0.25, 0.3) is 0 Å². The summed E-state index contributed by atoms with van der Waals surface area (Å²) in [5.74, 6) is 0.0614. The molecule has 6 nitrogen and oxygen atoms in total. The molecule has 1 aromatic heterocycles. The van der Waals surface area contributed by atoms with Crippen LogP contribution in [0.4, 0.5) is 11.4 Å². The molecule has 1 saturated heterocycles. The van der Waals surface area contributed by atoms with Crippen molar-refractivity contribution in [2.24, 2.45) is 7.05 Å². The van der Waals surface area contributed by atoms with Crippen LogP contribution in [0.2, 0.25) is 0 Å². The molecule has 2 aromatic rings. The van der Waals surface area contributed by atoms with Crippen LogP contribution in [0.25, 0.3) is 0 Å². The zero-order valence-corrected chi connectivity index (χ0v) is 14.9. The van der Waals surface area contributed by atoms with E-state index in [9.17, 15) is 4.79 Å². The van der Waals surface area contributed by atoms with Crippen molar-refractivity contribution in [1.82, 2.24) is 14.7 Å². The van der Waals surface area contributed by atoms with Crippen molar-refractivity contribution in [3.63, 3.8) is 0 Å². The molecule has 0 atom stereocenters. The zero-order valence-electron chi connectivity index (χ0n) is 14.9. The standard InChI is InChI=1S/C19H27N5O/c1-23-14-16(13-21-23)12-20-17-7-6-8-18(11-17)22-19(25)15-24-9-4-2-3-5-10-24/h6-8,11,13-14,20H,2-5,9-10,12,15H2,1H3,(H,22,25). The van der Waals surface area contributed by atoms with Gasteiger partial charge in [-0.1, -0.05) is 18.9 Å². The topological polar surface area (TPSA) is 62.2 Å². The van der Waals surface area contributed by atoms with Crippen molar-refractivity contribution in [3.8, 4) is 0 Å². The number of hydrogen-bond acceptors (Lipinski definition) is 4. The Bertz CT molecular complexity index is 689. The number of aryl methyl sites for hydroxylation is 1. The minimum Gasteiger partial charge on any atom is -0.381 e. The van der Waals surface area contributed by atoms with E-state index in [4.69, 9.17) is 0 Å². The molecule has 6 heteroatoms. The van der Waals surface area contributed by atoms with Gasteiger partial charge in [0.05, 0.1) is 12.7 Å². The molecule has 0 aliphatic carbocycles. The van der Waals surface area contributed by atoms with Crippen LogP contribution in [0.3, 0.4) is 0 Å². The van der Waals surface area contributed by atoms with Crippen molar-refractivity contribution < 1.29 is 4.79 Å². The number of nitrogens with zero attached hydrogens (tertiary/aromatic N) is 3. The molecular formula is C19H27N5O. The van der Waals surface area contributed by atoms with Gasteiger partial charge in [-0.25, -0.2) is 0 Å². The predicted octanol–water partition coefficient (Wildman–Crippen LogP) is 2.85. The summed E-state index contributed by atoms with van der Waals surface area (Å²) < 4.78 is 1.79. The molecule has 1 aromatic carbocycles. The third kappa shape index (κ3) is 5.60. The van der Waals surface area contributed by atoms with E-state index in [1.807, 2.05) is 43.7 Å². The normalized spacial score (nSPS) is 15.6. The molecule has 0 spiro atoms. The molecule has 3 rings (SSSR count). The Morgan fingerprint density at radius 3 is 2.64 bits per heavy atom. The molecule has 2 N–H and O–H groups in total. The monoisotopic (exact) mass is 341 g/mol. The first-order valence-electron chi connectivity index (χ1n) is 9.03. The SMILES string of the molecule is Cn1cc(CNc2cccc(NC(=O)CN3CCCCCC3)c2)cn1. The van der Waals surface area contributed by atoms with Crippen molar-refractivity contribution in [1.29, 1.82) is 0 Å². The molecule has 1 fully saturated rings. The average molecular weight is 341 g/mol. The number of carbonyl (C=O) groups is 1. The maximum absolute atomic E-state index is 12.3. The largest absolute Gasteiger partial charge is 0.381 e. The highest BCUT2D eigenvalue weighted by molar-refractivity contribution is 5.92. The van der Waals surface area contributed by atoms with Crippen LogP contribution in [-0.4, -0.2) is 40.2 Å². The Kier molecular flexibility index (Phi) is 6.06. The van der Waals surface area contributed by atoms with E-state index in [2.05, 4.69) is 20.6 Å². The molecule has 0 unspecified atom stereocenters. The lowest BCUT2D eigenvalue weighted by Gasteiger charge is -2.19. The van der Waals surface area contributed by atoms with E-state index in [1.54, 1.807) is 4.68 Å². The second-order valence-corrected chi connectivity index (χ2v) is 6.70. The Morgan fingerprint density at radius 1 is 1.16 bits per heavy atom. The highest BCUT2D eigenvalue weighted by Gasteiger charge is 2.13. The smallest absolute Gasteiger partial charge is 0.238 e. The van der Waals surface area contributed by atoms with Gasteiger partial charge in [0.2, 0.25) is 5.91 Å². The predicted molar refractivity (Wildman–Crippen MR) is 101 cm³/mol. The molecule has 1 aliphatic rings. The van der Waals surface area contributed by atoms with Gasteiger partial charge in [-0.3, -0.25) is 14.4 Å². The summed E-state index contributed by atoms with van der Waals surface area (Å²) in [6, 6.07) is 7.85. The summed E-state index contributed by atoms with van der Waals surface area (Å²) in [5.41, 5.74) is 2.94. The quantitative estimate of drug-likeness (QED) is 0.848. The van der Waals surface area contributed by atoms with E-state index >= 15 is 0 Å². The summed E-state index contributed by atoms with van der Waals surface area (Å²) in [5, 5.41) is 10.5. The molecular weight excluding hydrogens is 314 g/mol.